The van der Waals surface area contributed by atoms with Crippen LogP contribution in [0.1, 0.15) is 108 Å². The Hall–Kier alpha value is -1.05. The average Bonchev–Trinajstić information content (AvgIpc) is 2.87. The summed E-state index contributed by atoms with van der Waals surface area (Å²) in [5.41, 5.74) is 4.48. The fourth-order valence-corrected chi connectivity index (χ4v) is 5.62. The number of anilines is 2. The van der Waals surface area contributed by atoms with Crippen molar-refractivity contribution in [2.24, 2.45) is 0 Å². The van der Waals surface area contributed by atoms with Gasteiger partial charge in [-0.05, 0) is 67.5 Å². The number of nitrogens with zero attached hydrogens (tertiary/aromatic N) is 1. The zero-order valence-corrected chi connectivity index (χ0v) is 26.8. The van der Waals surface area contributed by atoms with Crippen molar-refractivity contribution in [3.8, 4) is 11.5 Å². The Balaban J connectivity index is 0.00000507. The van der Waals surface area contributed by atoms with Crippen molar-refractivity contribution < 1.29 is 47.3 Å². The molecule has 0 N–H and O–H groups in total. The summed E-state index contributed by atoms with van der Waals surface area (Å²) in [6, 6.07) is 12.7. The largest absolute Gasteiger partial charge is 1.00 e. The van der Waals surface area contributed by atoms with Gasteiger partial charge in [0.15, 0.2) is 11.5 Å². The fourth-order valence-electron chi connectivity index (χ4n) is 5.14. The molecule has 1 aliphatic rings. The van der Waals surface area contributed by atoms with Crippen LogP contribution in [0.4, 0.5) is 11.4 Å². The molecule has 1 aliphatic heterocycles. The third kappa shape index (κ3) is 11.2. The predicted octanol–water partition coefficient (Wildman–Crippen LogP) is 5.68. The molecule has 0 fully saturated rings. The number of hydrogen-bond donors (Lipinski definition) is 0. The molecular weight excluding hydrogens is 505 g/mol. The van der Waals surface area contributed by atoms with Crippen molar-refractivity contribution in [2.75, 3.05) is 17.2 Å². The average molecular weight is 552 g/mol. The molecule has 0 saturated heterocycles. The molecule has 2 aromatic rings. The number of unbranched alkanes of at least 4 members (excludes halogenated alkanes) is 10. The first-order valence-electron chi connectivity index (χ1n) is 14.6. The second kappa shape index (κ2) is 17.6. The van der Waals surface area contributed by atoms with Crippen molar-refractivity contribution in [1.29, 1.82) is 0 Å². The first-order chi connectivity index (χ1) is 17.9. The van der Waals surface area contributed by atoms with E-state index in [0.29, 0.717) is 6.54 Å². The molecule has 0 radical (unpaired) electrons. The molecule has 2 aromatic carbocycles. The maximum atomic E-state index is 11.3. The summed E-state index contributed by atoms with van der Waals surface area (Å²) in [7, 11) is -4.25. The van der Waals surface area contributed by atoms with Crippen LogP contribution >= 0.6 is 0 Å². The standard InChI is InChI=1S/C31H47NO4S.Na/c1-3-5-7-9-11-13-16-26-18-20-30-28(24-26)32(22-15-23-37(33,34)35)29-25-27(19-21-31(29)36-30)17-14-12-10-8-6-4-2;/h18-21,24-25H,3-17,22-23H2,1-2H3,(H,33,34,35);/q;+1/p-1. The van der Waals surface area contributed by atoms with Gasteiger partial charge < -0.3 is 14.2 Å². The van der Waals surface area contributed by atoms with Gasteiger partial charge in [-0.25, -0.2) is 8.42 Å². The maximum absolute atomic E-state index is 11.3. The number of rotatable bonds is 18. The van der Waals surface area contributed by atoms with Crippen LogP contribution in [0.3, 0.4) is 0 Å². The van der Waals surface area contributed by atoms with E-state index in [1.165, 1.54) is 75.3 Å². The van der Waals surface area contributed by atoms with E-state index in [9.17, 15) is 13.0 Å². The fraction of sp³-hybridized carbons (Fsp3) is 0.613. The topological polar surface area (TPSA) is 69.7 Å². The Morgan fingerprint density at radius 3 is 1.58 bits per heavy atom. The van der Waals surface area contributed by atoms with Gasteiger partial charge in [-0.2, -0.15) is 0 Å². The predicted molar refractivity (Wildman–Crippen MR) is 153 cm³/mol. The molecule has 0 saturated carbocycles. The first-order valence-corrected chi connectivity index (χ1v) is 16.1. The summed E-state index contributed by atoms with van der Waals surface area (Å²) in [6.07, 6.45) is 17.5. The van der Waals surface area contributed by atoms with Gasteiger partial charge in [0, 0.05) is 12.3 Å². The zero-order chi connectivity index (χ0) is 26.5. The van der Waals surface area contributed by atoms with Crippen LogP contribution in [0, 0.1) is 0 Å². The Morgan fingerprint density at radius 1 is 0.684 bits per heavy atom. The van der Waals surface area contributed by atoms with Crippen molar-refractivity contribution in [2.45, 2.75) is 110 Å². The molecule has 0 unspecified atom stereocenters. The molecule has 0 amide bonds. The molecule has 0 spiro atoms. The number of benzene rings is 2. The molecular formula is C31H46NNaO4S. The molecule has 38 heavy (non-hydrogen) atoms. The van der Waals surface area contributed by atoms with Crippen LogP contribution < -0.4 is 39.2 Å². The summed E-state index contributed by atoms with van der Waals surface area (Å²) in [5.74, 6) is 1.21. The summed E-state index contributed by atoms with van der Waals surface area (Å²) >= 11 is 0. The minimum absolute atomic E-state index is 0. The van der Waals surface area contributed by atoms with Crippen molar-refractivity contribution in [3.05, 3.63) is 47.5 Å². The van der Waals surface area contributed by atoms with E-state index in [1.807, 2.05) is 12.1 Å². The minimum Gasteiger partial charge on any atom is -0.748 e. The first kappa shape index (κ1) is 33.2. The Kier molecular flexibility index (Phi) is 15.4. The van der Waals surface area contributed by atoms with E-state index in [2.05, 4.69) is 43.0 Å². The van der Waals surface area contributed by atoms with Crippen LogP contribution in [-0.4, -0.2) is 25.3 Å². The van der Waals surface area contributed by atoms with Crippen LogP contribution in [-0.2, 0) is 23.0 Å². The number of ether oxygens (including phenoxy) is 1. The van der Waals surface area contributed by atoms with Gasteiger partial charge in [0.1, 0.15) is 0 Å². The molecule has 0 aromatic heterocycles. The van der Waals surface area contributed by atoms with E-state index in [0.717, 1.165) is 48.6 Å². The summed E-state index contributed by atoms with van der Waals surface area (Å²) in [6.45, 7) is 4.94. The van der Waals surface area contributed by atoms with Gasteiger partial charge in [0.05, 0.1) is 21.5 Å². The Morgan fingerprint density at radius 2 is 1.13 bits per heavy atom. The summed E-state index contributed by atoms with van der Waals surface area (Å²) in [4.78, 5) is 2.16. The van der Waals surface area contributed by atoms with E-state index in [4.69, 9.17) is 4.74 Å². The normalized spacial score (nSPS) is 12.4. The Bertz CT molecular complexity index is 1010. The molecule has 1 heterocycles. The molecule has 5 nitrogen and oxygen atoms in total. The Labute approximate surface area is 253 Å². The second-order valence-electron chi connectivity index (χ2n) is 10.5. The number of fused-ring (bicyclic) bond motifs is 2. The van der Waals surface area contributed by atoms with Crippen LogP contribution in [0.2, 0.25) is 0 Å². The number of hydrogen-bond acceptors (Lipinski definition) is 5. The van der Waals surface area contributed by atoms with E-state index in [-0.39, 0.29) is 41.7 Å². The van der Waals surface area contributed by atoms with Gasteiger partial charge in [0.2, 0.25) is 0 Å². The van der Waals surface area contributed by atoms with Gasteiger partial charge in [-0.1, -0.05) is 90.2 Å². The van der Waals surface area contributed by atoms with Crippen LogP contribution in [0.25, 0.3) is 0 Å². The van der Waals surface area contributed by atoms with Crippen LogP contribution in [0.5, 0.6) is 11.5 Å². The van der Waals surface area contributed by atoms with Crippen molar-refractivity contribution >= 4 is 21.5 Å². The molecule has 0 atom stereocenters. The van der Waals surface area contributed by atoms with Crippen molar-refractivity contribution in [1.82, 2.24) is 0 Å². The van der Waals surface area contributed by atoms with E-state index in [1.54, 1.807) is 0 Å². The van der Waals surface area contributed by atoms with E-state index >= 15 is 0 Å². The monoisotopic (exact) mass is 551 g/mol. The zero-order valence-electron chi connectivity index (χ0n) is 24.0. The smallest absolute Gasteiger partial charge is 0.748 e. The third-order valence-corrected chi connectivity index (χ3v) is 8.05. The van der Waals surface area contributed by atoms with Gasteiger partial charge in [0.25, 0.3) is 0 Å². The molecule has 3 rings (SSSR count). The summed E-state index contributed by atoms with van der Waals surface area (Å²) in [5, 5.41) is 0. The van der Waals surface area contributed by atoms with Gasteiger partial charge >= 0.3 is 29.6 Å². The second-order valence-corrected chi connectivity index (χ2v) is 12.0. The summed E-state index contributed by atoms with van der Waals surface area (Å²) < 4.78 is 40.2. The van der Waals surface area contributed by atoms with Crippen molar-refractivity contribution in [3.63, 3.8) is 0 Å². The van der Waals surface area contributed by atoms with Gasteiger partial charge in [-0.15, -0.1) is 0 Å². The van der Waals surface area contributed by atoms with E-state index < -0.39 is 10.1 Å². The number of aryl methyl sites for hydroxylation is 2. The van der Waals surface area contributed by atoms with Crippen LogP contribution in [0.15, 0.2) is 36.4 Å². The quantitative estimate of drug-likeness (QED) is 0.136. The molecule has 206 valence electrons. The molecule has 7 heteroatoms. The molecule has 0 bridgehead atoms. The molecule has 0 aliphatic carbocycles. The minimum atomic E-state index is -4.25. The maximum Gasteiger partial charge on any atom is 1.00 e. The SMILES string of the molecule is CCCCCCCCc1ccc2c(c1)N(CCCS(=O)(=O)[O-])c1cc(CCCCCCCC)ccc1O2.[Na+]. The third-order valence-electron chi connectivity index (χ3n) is 7.26. The van der Waals surface area contributed by atoms with Gasteiger partial charge in [-0.3, -0.25) is 0 Å².